The molecule has 1 fully saturated rings. The maximum Gasteiger partial charge on any atom is 0.326 e. The van der Waals surface area contributed by atoms with E-state index in [-0.39, 0.29) is 12.1 Å². The van der Waals surface area contributed by atoms with Gasteiger partial charge in [-0.25, -0.2) is 0 Å². The Hall–Kier alpha value is -0.610. The highest BCUT2D eigenvalue weighted by Gasteiger charge is 2.37. The van der Waals surface area contributed by atoms with E-state index in [9.17, 15) is 4.79 Å². The van der Waals surface area contributed by atoms with Crippen molar-refractivity contribution in [1.82, 2.24) is 5.32 Å². The Labute approximate surface area is 110 Å². The first-order chi connectivity index (χ1) is 8.68. The molecule has 0 spiro atoms. The fourth-order valence-electron chi connectivity index (χ4n) is 2.50. The summed E-state index contributed by atoms with van der Waals surface area (Å²) in [6.07, 6.45) is 6.16. The quantitative estimate of drug-likeness (QED) is 0.678. The molecule has 1 aliphatic heterocycles. The Morgan fingerprint density at radius 1 is 1.50 bits per heavy atom. The summed E-state index contributed by atoms with van der Waals surface area (Å²) in [5.74, 6) is -0.142. The van der Waals surface area contributed by atoms with E-state index in [1.54, 1.807) is 0 Å². The highest BCUT2D eigenvalue weighted by Crippen LogP contribution is 2.22. The van der Waals surface area contributed by atoms with Gasteiger partial charge in [-0.15, -0.1) is 0 Å². The molecule has 0 aliphatic carbocycles. The van der Waals surface area contributed by atoms with Crippen LogP contribution < -0.4 is 5.32 Å². The van der Waals surface area contributed by atoms with Crippen molar-refractivity contribution >= 4 is 5.97 Å². The van der Waals surface area contributed by atoms with E-state index in [0.29, 0.717) is 0 Å². The standard InChI is InChI=1S/C14H27NO3/c1-4-6-9-14(5-2,13(16)17-3)15-11-12-8-7-10-18-12/h12,15H,4-11H2,1-3H3. The lowest BCUT2D eigenvalue weighted by Crippen LogP contribution is -2.54. The molecule has 106 valence electrons. The molecule has 0 aromatic heterocycles. The van der Waals surface area contributed by atoms with Crippen LogP contribution in [0.1, 0.15) is 52.4 Å². The van der Waals surface area contributed by atoms with Gasteiger partial charge in [-0.05, 0) is 25.7 Å². The number of carbonyl (C=O) groups is 1. The number of hydrogen-bond donors (Lipinski definition) is 1. The topological polar surface area (TPSA) is 47.6 Å². The molecular formula is C14H27NO3. The van der Waals surface area contributed by atoms with E-state index in [1.807, 2.05) is 6.92 Å². The Morgan fingerprint density at radius 2 is 2.28 bits per heavy atom. The number of nitrogens with one attached hydrogen (secondary N) is 1. The smallest absolute Gasteiger partial charge is 0.326 e. The van der Waals surface area contributed by atoms with E-state index in [4.69, 9.17) is 9.47 Å². The van der Waals surface area contributed by atoms with Crippen molar-refractivity contribution in [2.45, 2.75) is 64.0 Å². The first kappa shape index (κ1) is 15.4. The minimum absolute atomic E-state index is 0.142. The van der Waals surface area contributed by atoms with Gasteiger partial charge in [0.25, 0.3) is 0 Å². The van der Waals surface area contributed by atoms with Crippen molar-refractivity contribution in [1.29, 1.82) is 0 Å². The maximum atomic E-state index is 12.1. The average molecular weight is 257 g/mol. The van der Waals surface area contributed by atoms with E-state index in [2.05, 4.69) is 12.2 Å². The Kier molecular flexibility index (Phi) is 6.65. The van der Waals surface area contributed by atoms with Crippen molar-refractivity contribution < 1.29 is 14.3 Å². The van der Waals surface area contributed by atoms with Gasteiger partial charge in [0.05, 0.1) is 13.2 Å². The molecule has 1 saturated heterocycles. The average Bonchev–Trinajstić information content (AvgIpc) is 2.92. The summed E-state index contributed by atoms with van der Waals surface area (Å²) < 4.78 is 10.6. The molecule has 4 heteroatoms. The lowest BCUT2D eigenvalue weighted by molar-refractivity contribution is -0.149. The third kappa shape index (κ3) is 3.95. The molecule has 2 atom stereocenters. The molecule has 0 amide bonds. The van der Waals surface area contributed by atoms with Crippen LogP contribution in [0.4, 0.5) is 0 Å². The van der Waals surface area contributed by atoms with Gasteiger partial charge < -0.3 is 9.47 Å². The Balaban J connectivity index is 2.58. The van der Waals surface area contributed by atoms with Crippen LogP contribution in [-0.4, -0.2) is 37.9 Å². The monoisotopic (exact) mass is 257 g/mol. The molecule has 0 radical (unpaired) electrons. The molecule has 0 aromatic carbocycles. The second-order valence-corrected chi connectivity index (χ2v) is 5.05. The normalized spacial score (nSPS) is 22.7. The fraction of sp³-hybridized carbons (Fsp3) is 0.929. The molecule has 4 nitrogen and oxygen atoms in total. The van der Waals surface area contributed by atoms with Crippen LogP contribution in [0, 0.1) is 0 Å². The van der Waals surface area contributed by atoms with Crippen LogP contribution in [0.3, 0.4) is 0 Å². The third-order valence-corrected chi connectivity index (χ3v) is 3.83. The number of esters is 1. The second-order valence-electron chi connectivity index (χ2n) is 5.05. The van der Waals surface area contributed by atoms with E-state index in [1.165, 1.54) is 7.11 Å². The molecule has 1 aliphatic rings. The number of ether oxygens (including phenoxy) is 2. The number of methoxy groups -OCH3 is 1. The van der Waals surface area contributed by atoms with E-state index < -0.39 is 5.54 Å². The summed E-state index contributed by atoms with van der Waals surface area (Å²) in [5, 5.41) is 3.41. The molecule has 0 bridgehead atoms. The first-order valence-electron chi connectivity index (χ1n) is 7.13. The van der Waals surface area contributed by atoms with Crippen molar-refractivity contribution in [3.05, 3.63) is 0 Å². The largest absolute Gasteiger partial charge is 0.468 e. The van der Waals surface area contributed by atoms with Crippen LogP contribution in [-0.2, 0) is 14.3 Å². The predicted molar refractivity (Wildman–Crippen MR) is 71.5 cm³/mol. The molecule has 0 saturated carbocycles. The molecule has 1 rings (SSSR count). The fourth-order valence-corrected chi connectivity index (χ4v) is 2.50. The summed E-state index contributed by atoms with van der Waals surface area (Å²) in [7, 11) is 1.46. The SMILES string of the molecule is CCCCC(CC)(NCC1CCCO1)C(=O)OC. The molecule has 2 unspecified atom stereocenters. The zero-order chi connectivity index (χ0) is 13.4. The van der Waals surface area contributed by atoms with Gasteiger partial charge in [-0.3, -0.25) is 10.1 Å². The summed E-state index contributed by atoms with van der Waals surface area (Å²) in [6.45, 7) is 5.76. The lowest BCUT2D eigenvalue weighted by Gasteiger charge is -2.32. The number of carbonyl (C=O) groups excluding carboxylic acids is 1. The Morgan fingerprint density at radius 3 is 2.78 bits per heavy atom. The van der Waals surface area contributed by atoms with Gasteiger partial charge in [0.1, 0.15) is 5.54 Å². The molecule has 0 aromatic rings. The molecule has 1 heterocycles. The van der Waals surface area contributed by atoms with Crippen molar-refractivity contribution in [2.24, 2.45) is 0 Å². The van der Waals surface area contributed by atoms with Gasteiger partial charge in [-0.2, -0.15) is 0 Å². The van der Waals surface area contributed by atoms with Crippen LogP contribution in [0.2, 0.25) is 0 Å². The predicted octanol–water partition coefficient (Wildman–Crippen LogP) is 2.27. The molecule has 1 N–H and O–H groups in total. The van der Waals surface area contributed by atoms with Gasteiger partial charge in [0, 0.05) is 13.2 Å². The summed E-state index contributed by atoms with van der Waals surface area (Å²) in [4.78, 5) is 12.1. The van der Waals surface area contributed by atoms with Crippen molar-refractivity contribution in [2.75, 3.05) is 20.3 Å². The van der Waals surface area contributed by atoms with E-state index in [0.717, 1.165) is 51.7 Å². The van der Waals surface area contributed by atoms with E-state index >= 15 is 0 Å². The highest BCUT2D eigenvalue weighted by molar-refractivity contribution is 5.80. The zero-order valence-electron chi connectivity index (χ0n) is 12.0. The highest BCUT2D eigenvalue weighted by atomic mass is 16.5. The van der Waals surface area contributed by atoms with Crippen molar-refractivity contribution in [3.63, 3.8) is 0 Å². The third-order valence-electron chi connectivity index (χ3n) is 3.83. The minimum Gasteiger partial charge on any atom is -0.468 e. The van der Waals surface area contributed by atoms with Crippen LogP contribution in [0.15, 0.2) is 0 Å². The summed E-state index contributed by atoms with van der Waals surface area (Å²) in [6, 6.07) is 0. The van der Waals surface area contributed by atoms with Gasteiger partial charge in [-0.1, -0.05) is 26.7 Å². The van der Waals surface area contributed by atoms with Crippen LogP contribution in [0.25, 0.3) is 0 Å². The molecular weight excluding hydrogens is 230 g/mol. The van der Waals surface area contributed by atoms with Gasteiger partial charge in [0.15, 0.2) is 0 Å². The number of unbranched alkanes of at least 4 members (excludes halogenated alkanes) is 1. The van der Waals surface area contributed by atoms with Gasteiger partial charge >= 0.3 is 5.97 Å². The molecule has 18 heavy (non-hydrogen) atoms. The van der Waals surface area contributed by atoms with Crippen LogP contribution in [0.5, 0.6) is 0 Å². The van der Waals surface area contributed by atoms with Crippen LogP contribution >= 0.6 is 0 Å². The zero-order valence-corrected chi connectivity index (χ0v) is 12.0. The Bertz CT molecular complexity index is 251. The maximum absolute atomic E-state index is 12.1. The number of hydrogen-bond acceptors (Lipinski definition) is 4. The lowest BCUT2D eigenvalue weighted by atomic mass is 9.89. The van der Waals surface area contributed by atoms with Crippen molar-refractivity contribution in [3.8, 4) is 0 Å². The summed E-state index contributed by atoms with van der Waals surface area (Å²) >= 11 is 0. The van der Waals surface area contributed by atoms with Gasteiger partial charge in [0.2, 0.25) is 0 Å². The second kappa shape index (κ2) is 7.74. The number of rotatable bonds is 8. The summed E-state index contributed by atoms with van der Waals surface area (Å²) in [5.41, 5.74) is -0.531. The minimum atomic E-state index is -0.531. The first-order valence-corrected chi connectivity index (χ1v) is 7.13.